The van der Waals surface area contributed by atoms with E-state index in [1.165, 1.54) is 0 Å². The molecule has 8 heavy (non-hydrogen) atoms. The Balaban J connectivity index is 4.04. The van der Waals surface area contributed by atoms with Crippen LogP contribution in [-0.2, 0) is 4.57 Å². The van der Waals surface area contributed by atoms with E-state index >= 15 is 0 Å². The average molecular weight is 132 g/mol. The highest BCUT2D eigenvalue weighted by Gasteiger charge is 1.81. The van der Waals surface area contributed by atoms with Crippen molar-refractivity contribution < 1.29 is 4.57 Å². The number of rotatable bonds is 2. The van der Waals surface area contributed by atoms with E-state index in [1.54, 1.807) is 0 Å². The van der Waals surface area contributed by atoms with Crippen LogP contribution < -0.4 is 0 Å². The van der Waals surface area contributed by atoms with Gasteiger partial charge in [0, 0.05) is 9.82 Å². The molecule has 0 rings (SSSR count). The Morgan fingerprint density at radius 2 is 1.62 bits per heavy atom. The molecule has 0 aliphatic rings. The summed E-state index contributed by atoms with van der Waals surface area (Å²) < 4.78 is 9.99. The third-order valence-electron chi connectivity index (χ3n) is 0.261. The van der Waals surface area contributed by atoms with Crippen molar-refractivity contribution in [3.63, 3.8) is 0 Å². The fraction of sp³-hybridized carbons (Fsp3) is 0. The van der Waals surface area contributed by atoms with Crippen molar-refractivity contribution in [1.29, 1.82) is 0 Å². The molecule has 0 fully saturated rings. The Labute approximate surface area is 44.5 Å². The summed E-state index contributed by atoms with van der Waals surface area (Å²) in [7, 11) is -2.72. The highest BCUT2D eigenvalue weighted by atomic mass is 31.1. The van der Waals surface area contributed by atoms with Crippen LogP contribution >= 0.6 is 8.10 Å². The largest absolute Gasteiger partial charge is 0.313 e. The first-order valence-electron chi connectivity index (χ1n) is 1.45. The molecule has 0 bridgehead atoms. The zero-order chi connectivity index (χ0) is 6.41. The predicted molar refractivity (Wildman–Crippen MR) is 27.3 cm³/mol. The first-order chi connectivity index (χ1) is 3.81. The minimum absolute atomic E-state index is 2.15. The molecule has 0 saturated heterocycles. The van der Waals surface area contributed by atoms with E-state index in [2.05, 4.69) is 19.6 Å². The lowest BCUT2D eigenvalue weighted by Crippen LogP contribution is -1.33. The van der Waals surface area contributed by atoms with E-state index in [4.69, 9.17) is 11.1 Å². The van der Waals surface area contributed by atoms with Crippen LogP contribution in [0.15, 0.2) is 9.77 Å². The van der Waals surface area contributed by atoms with Gasteiger partial charge in [-0.2, -0.15) is 0 Å². The van der Waals surface area contributed by atoms with Gasteiger partial charge in [-0.15, -0.1) is 0 Å². The van der Waals surface area contributed by atoms with Crippen LogP contribution in [0.2, 0.25) is 0 Å². The summed E-state index contributed by atoms with van der Waals surface area (Å²) in [5.74, 6) is 0. The molecule has 0 radical (unpaired) electrons. The monoisotopic (exact) mass is 132 g/mol. The normalized spacial score (nSPS) is 10.5. The van der Waals surface area contributed by atoms with Crippen LogP contribution in [-0.4, -0.2) is 0 Å². The summed E-state index contributed by atoms with van der Waals surface area (Å²) in [6, 6.07) is 0. The minimum Gasteiger partial charge on any atom is -0.313 e. The van der Waals surface area contributed by atoms with Crippen molar-refractivity contribution in [3.05, 3.63) is 20.9 Å². The lowest BCUT2D eigenvalue weighted by Gasteiger charge is -1.67. The second kappa shape index (κ2) is 4.02. The zero-order valence-corrected chi connectivity index (χ0v) is 4.59. The fourth-order valence-electron chi connectivity index (χ4n) is 0.0965. The molecular weight excluding hydrogens is 131 g/mol. The van der Waals surface area contributed by atoms with Crippen LogP contribution in [0.25, 0.3) is 20.9 Å². The van der Waals surface area contributed by atoms with Gasteiger partial charge in [0.25, 0.3) is 0 Å². The van der Waals surface area contributed by atoms with Crippen molar-refractivity contribution in [1.82, 2.24) is 0 Å². The summed E-state index contributed by atoms with van der Waals surface area (Å²) >= 11 is 0. The van der Waals surface area contributed by atoms with Gasteiger partial charge in [0.15, 0.2) is 0 Å². The van der Waals surface area contributed by atoms with Crippen LogP contribution in [0.4, 0.5) is 0 Å². The first-order valence-corrected chi connectivity index (χ1v) is 2.75. The van der Waals surface area contributed by atoms with Gasteiger partial charge in [0.1, 0.15) is 0 Å². The summed E-state index contributed by atoms with van der Waals surface area (Å²) in [5, 5.41) is 0. The lowest BCUT2D eigenvalue weighted by molar-refractivity contribution is 0.589. The van der Waals surface area contributed by atoms with Crippen molar-refractivity contribution in [3.8, 4) is 0 Å². The lowest BCUT2D eigenvalue weighted by atomic mass is 13.0. The molecule has 0 atom stereocenters. The van der Waals surface area contributed by atoms with Crippen molar-refractivity contribution in [2.45, 2.75) is 0 Å². The SMILES string of the molecule is [N-]=[N+]=N[PH](=O)N=[N+]=[N-]. The fourth-order valence-corrected chi connectivity index (χ4v) is 0.290. The maximum absolute atomic E-state index is 9.99. The minimum atomic E-state index is -2.72. The number of azide groups is 1. The molecule has 7 nitrogen and oxygen atoms in total. The molecule has 8 heteroatoms. The van der Waals surface area contributed by atoms with Gasteiger partial charge in [0.2, 0.25) is 8.10 Å². The summed E-state index contributed by atoms with van der Waals surface area (Å²) in [4.78, 5) is 9.54. The van der Waals surface area contributed by atoms with E-state index in [-0.39, 0.29) is 0 Å². The zero-order valence-electron chi connectivity index (χ0n) is 3.59. The van der Waals surface area contributed by atoms with E-state index in [0.29, 0.717) is 0 Å². The average Bonchev–Trinajstić information content (AvgIpc) is 1.68. The van der Waals surface area contributed by atoms with Crippen LogP contribution in [0.3, 0.4) is 0 Å². The second-order valence-electron chi connectivity index (χ2n) is 0.661. The van der Waals surface area contributed by atoms with E-state index in [1.807, 2.05) is 0 Å². The molecular formula is HN6OP. The smallest absolute Gasteiger partial charge is 0.247 e. The first kappa shape index (κ1) is 6.85. The molecule has 0 aliphatic heterocycles. The van der Waals surface area contributed by atoms with Crippen molar-refractivity contribution in [2.24, 2.45) is 9.77 Å². The molecule has 0 N–H and O–H groups in total. The van der Waals surface area contributed by atoms with Gasteiger partial charge in [-0.3, -0.25) is 0 Å². The maximum Gasteiger partial charge on any atom is 0.247 e. The molecule has 0 heterocycles. The molecule has 0 saturated carbocycles. The van der Waals surface area contributed by atoms with Crippen molar-refractivity contribution >= 4 is 8.10 Å². The third-order valence-corrected chi connectivity index (χ3v) is 0.782. The van der Waals surface area contributed by atoms with Gasteiger partial charge in [-0.1, -0.05) is 0 Å². The Morgan fingerprint density at radius 1 is 1.25 bits per heavy atom. The molecule has 0 aromatic rings. The highest BCUT2D eigenvalue weighted by molar-refractivity contribution is 7.41. The van der Waals surface area contributed by atoms with E-state index < -0.39 is 8.10 Å². The maximum atomic E-state index is 9.99. The summed E-state index contributed by atoms with van der Waals surface area (Å²) in [5.41, 5.74) is 15.1. The Morgan fingerprint density at radius 3 is 1.88 bits per heavy atom. The summed E-state index contributed by atoms with van der Waals surface area (Å²) in [6.07, 6.45) is 0. The van der Waals surface area contributed by atoms with Gasteiger partial charge < -0.3 is 4.57 Å². The van der Waals surface area contributed by atoms with Gasteiger partial charge in [-0.25, -0.2) is 0 Å². The second-order valence-corrected chi connectivity index (χ2v) is 1.63. The topological polar surface area (TPSA) is 115 Å². The Bertz CT molecular complexity index is 161. The van der Waals surface area contributed by atoms with Crippen molar-refractivity contribution in [2.75, 3.05) is 0 Å². The van der Waals surface area contributed by atoms with E-state index in [0.717, 1.165) is 0 Å². The summed E-state index contributed by atoms with van der Waals surface area (Å²) in [6.45, 7) is 0. The quantitative estimate of drug-likeness (QED) is 0.243. The number of hydrogen-bond donors (Lipinski definition) is 0. The molecule has 0 unspecified atom stereocenters. The van der Waals surface area contributed by atoms with Crippen LogP contribution in [0, 0.1) is 0 Å². The molecule has 42 valence electrons. The number of nitrogens with zero attached hydrogens (tertiary/aromatic N) is 6. The van der Waals surface area contributed by atoms with Crippen LogP contribution in [0.1, 0.15) is 0 Å². The van der Waals surface area contributed by atoms with Gasteiger partial charge in [0.05, 0.1) is 0 Å². The molecule has 0 amide bonds. The standard InChI is InChI=1S/HN6OP/c1-3-5-8(7)6-4-2/h8H. The predicted octanol–water partition coefficient (Wildman–Crippen LogP) is 2.00. The molecule has 0 spiro atoms. The number of hydrogen-bond acceptors (Lipinski definition) is 1. The Kier molecular flexibility index (Phi) is 3.44. The molecule has 0 aromatic heterocycles. The Hall–Kier alpha value is -1.15. The van der Waals surface area contributed by atoms with Gasteiger partial charge in [-0.05, 0) is 20.8 Å². The highest BCUT2D eigenvalue weighted by Crippen LogP contribution is 2.23. The van der Waals surface area contributed by atoms with Crippen LogP contribution in [0.5, 0.6) is 0 Å². The van der Waals surface area contributed by atoms with Gasteiger partial charge >= 0.3 is 0 Å². The van der Waals surface area contributed by atoms with E-state index in [9.17, 15) is 4.57 Å². The third kappa shape index (κ3) is 3.06. The molecule has 0 aromatic carbocycles. The molecule has 0 aliphatic carbocycles.